The molecule has 37 heavy (non-hydrogen) atoms. The zero-order valence-corrected chi connectivity index (χ0v) is 23.0. The highest BCUT2D eigenvalue weighted by Crippen LogP contribution is 2.25. The van der Waals surface area contributed by atoms with Crippen molar-refractivity contribution in [2.75, 3.05) is 65.9 Å². The Labute approximate surface area is 222 Å². The van der Waals surface area contributed by atoms with Crippen molar-refractivity contribution in [1.29, 1.82) is 0 Å². The Morgan fingerprint density at radius 3 is 1.51 bits per heavy atom. The third kappa shape index (κ3) is 11.4. The molecule has 7 nitrogen and oxygen atoms in total. The summed E-state index contributed by atoms with van der Waals surface area (Å²) in [5.74, 6) is 1.67. The third-order valence-electron chi connectivity index (χ3n) is 6.57. The molecule has 0 aliphatic carbocycles. The predicted molar refractivity (Wildman–Crippen MR) is 145 cm³/mol. The van der Waals surface area contributed by atoms with Crippen LogP contribution in [-0.4, -0.2) is 89.1 Å². The third-order valence-corrected chi connectivity index (χ3v) is 6.57. The fourth-order valence-corrected chi connectivity index (χ4v) is 4.05. The van der Waals surface area contributed by atoms with E-state index in [1.54, 1.807) is 0 Å². The van der Waals surface area contributed by atoms with Crippen LogP contribution in [0.3, 0.4) is 0 Å². The van der Waals surface area contributed by atoms with Gasteiger partial charge in [-0.3, -0.25) is 4.90 Å². The first kappa shape index (κ1) is 29.4. The lowest BCUT2D eigenvalue weighted by Crippen LogP contribution is -2.51. The molecule has 3 atom stereocenters. The maximum Gasteiger partial charge on any atom is 0.119 e. The molecule has 1 heterocycles. The lowest BCUT2D eigenvalue weighted by atomic mass is 9.86. The summed E-state index contributed by atoms with van der Waals surface area (Å²) < 4.78 is 36.2. The monoisotopic (exact) mass is 515 g/mol. The molecule has 1 fully saturated rings. The van der Waals surface area contributed by atoms with E-state index in [-0.39, 0.29) is 23.7 Å². The topological polar surface area (TPSA) is 58.6 Å². The first-order chi connectivity index (χ1) is 17.9. The van der Waals surface area contributed by atoms with Crippen LogP contribution in [0.1, 0.15) is 27.7 Å². The van der Waals surface area contributed by atoms with E-state index in [1.165, 1.54) is 0 Å². The summed E-state index contributed by atoms with van der Waals surface area (Å²) in [6.07, 6.45) is -0.267. The van der Waals surface area contributed by atoms with Crippen LogP contribution in [0.15, 0.2) is 60.7 Å². The molecule has 0 aromatic heterocycles. The van der Waals surface area contributed by atoms with Crippen LogP contribution in [0, 0.1) is 5.41 Å². The smallest absolute Gasteiger partial charge is 0.119 e. The van der Waals surface area contributed by atoms with Gasteiger partial charge in [0.1, 0.15) is 36.9 Å². The largest absolute Gasteiger partial charge is 0.491 e. The number of benzene rings is 2. The highest BCUT2D eigenvalue weighted by molar-refractivity contribution is 5.21. The second-order valence-electron chi connectivity index (χ2n) is 10.5. The number of ether oxygens (including phenoxy) is 6. The predicted octanol–water partition coefficient (Wildman–Crippen LogP) is 4.70. The highest BCUT2D eigenvalue weighted by Gasteiger charge is 2.31. The molecule has 2 aromatic carbocycles. The van der Waals surface area contributed by atoms with Gasteiger partial charge in [-0.2, -0.15) is 0 Å². The number of nitrogens with zero attached hydrogens (tertiary/aromatic N) is 1. The highest BCUT2D eigenvalue weighted by atomic mass is 16.6. The minimum absolute atomic E-state index is 0.0603. The molecule has 0 radical (unpaired) electrons. The van der Waals surface area contributed by atoms with Crippen molar-refractivity contribution in [3.8, 4) is 11.5 Å². The lowest BCUT2D eigenvalue weighted by molar-refractivity contribution is -0.0600. The van der Waals surface area contributed by atoms with E-state index in [0.717, 1.165) is 11.5 Å². The van der Waals surface area contributed by atoms with Gasteiger partial charge in [0.05, 0.1) is 39.6 Å². The summed E-state index contributed by atoms with van der Waals surface area (Å²) in [5.41, 5.74) is 0.0603. The van der Waals surface area contributed by atoms with Crippen LogP contribution in [0.4, 0.5) is 0 Å². The molecule has 7 heteroatoms. The minimum Gasteiger partial charge on any atom is -0.491 e. The zero-order valence-electron chi connectivity index (χ0n) is 23.0. The summed E-state index contributed by atoms with van der Waals surface area (Å²) in [7, 11) is 0. The van der Waals surface area contributed by atoms with Crippen LogP contribution in [0.25, 0.3) is 0 Å². The fourth-order valence-electron chi connectivity index (χ4n) is 4.05. The quantitative estimate of drug-likeness (QED) is 0.530. The van der Waals surface area contributed by atoms with Gasteiger partial charge in [0, 0.05) is 19.1 Å². The van der Waals surface area contributed by atoms with Crippen molar-refractivity contribution in [3.05, 3.63) is 60.7 Å². The van der Waals surface area contributed by atoms with E-state index in [1.807, 2.05) is 60.7 Å². The zero-order chi connectivity index (χ0) is 26.3. The molecule has 2 aromatic rings. The first-order valence-corrected chi connectivity index (χ1v) is 13.4. The Hall–Kier alpha value is -2.16. The summed E-state index contributed by atoms with van der Waals surface area (Å²) in [5, 5.41) is 0. The molecule has 1 aliphatic rings. The van der Waals surface area contributed by atoms with Gasteiger partial charge in [-0.25, -0.2) is 0 Å². The molecule has 1 aliphatic heterocycles. The van der Waals surface area contributed by atoms with Crippen LogP contribution in [0.5, 0.6) is 11.5 Å². The summed E-state index contributed by atoms with van der Waals surface area (Å²) >= 11 is 0. The average molecular weight is 516 g/mol. The molecular weight excluding hydrogens is 470 g/mol. The summed E-state index contributed by atoms with van der Waals surface area (Å²) in [6, 6.07) is 20.0. The molecule has 0 N–H and O–H groups in total. The number of para-hydroxylation sites is 2. The lowest BCUT2D eigenvalue weighted by Gasteiger charge is -2.41. The Balaban J connectivity index is 1.75. The van der Waals surface area contributed by atoms with Crippen LogP contribution in [-0.2, 0) is 18.9 Å². The van der Waals surface area contributed by atoms with E-state index in [0.29, 0.717) is 65.9 Å². The van der Waals surface area contributed by atoms with Crippen molar-refractivity contribution in [2.24, 2.45) is 5.41 Å². The van der Waals surface area contributed by atoms with Crippen LogP contribution < -0.4 is 9.47 Å². The normalized spacial score (nSPS) is 22.4. The molecule has 0 spiro atoms. The second kappa shape index (κ2) is 15.9. The van der Waals surface area contributed by atoms with Gasteiger partial charge in [-0.15, -0.1) is 0 Å². The van der Waals surface area contributed by atoms with Gasteiger partial charge in [-0.1, -0.05) is 57.2 Å². The molecule has 1 unspecified atom stereocenters. The maximum absolute atomic E-state index is 6.29. The van der Waals surface area contributed by atoms with Crippen LogP contribution in [0.2, 0.25) is 0 Å². The van der Waals surface area contributed by atoms with E-state index in [9.17, 15) is 0 Å². The number of hydrogen-bond donors (Lipinski definition) is 0. The Kier molecular flexibility index (Phi) is 12.7. The van der Waals surface area contributed by atoms with Gasteiger partial charge in [0.15, 0.2) is 0 Å². The fraction of sp³-hybridized carbons (Fsp3) is 0.600. The van der Waals surface area contributed by atoms with Crippen molar-refractivity contribution in [1.82, 2.24) is 4.90 Å². The van der Waals surface area contributed by atoms with Gasteiger partial charge < -0.3 is 28.4 Å². The second-order valence-corrected chi connectivity index (χ2v) is 10.5. The van der Waals surface area contributed by atoms with Crippen molar-refractivity contribution >= 4 is 0 Å². The average Bonchev–Trinajstić information content (AvgIpc) is 2.91. The number of hydrogen-bond acceptors (Lipinski definition) is 7. The molecule has 0 saturated carbocycles. The van der Waals surface area contributed by atoms with Crippen molar-refractivity contribution in [2.45, 2.75) is 45.9 Å². The van der Waals surface area contributed by atoms with Gasteiger partial charge in [0.25, 0.3) is 0 Å². The molecule has 1 saturated heterocycles. The molecule has 3 rings (SSSR count). The molecule has 0 bridgehead atoms. The van der Waals surface area contributed by atoms with Crippen LogP contribution >= 0.6 is 0 Å². The Bertz CT molecular complexity index is 783. The van der Waals surface area contributed by atoms with Gasteiger partial charge in [0.2, 0.25) is 0 Å². The van der Waals surface area contributed by atoms with Crippen molar-refractivity contribution in [3.63, 3.8) is 0 Å². The molecule has 0 amide bonds. The summed E-state index contributed by atoms with van der Waals surface area (Å²) in [6.45, 7) is 14.5. The van der Waals surface area contributed by atoms with Gasteiger partial charge in [-0.05, 0) is 36.6 Å². The molecule has 206 valence electrons. The maximum atomic E-state index is 6.29. The Morgan fingerprint density at radius 2 is 1.11 bits per heavy atom. The number of rotatable bonds is 7. The van der Waals surface area contributed by atoms with E-state index in [4.69, 9.17) is 28.4 Å². The van der Waals surface area contributed by atoms with E-state index >= 15 is 0 Å². The first-order valence-electron chi connectivity index (χ1n) is 13.4. The van der Waals surface area contributed by atoms with E-state index in [2.05, 4.69) is 32.6 Å². The molecular formula is C30H45NO6. The SMILES string of the molecule is CC(N1C[C@@H](COc2ccccc2)OCCOCCOCCO[C@H](COc2ccccc2)C1)C(C)(C)C. The van der Waals surface area contributed by atoms with Gasteiger partial charge >= 0.3 is 0 Å². The Morgan fingerprint density at radius 1 is 0.703 bits per heavy atom. The van der Waals surface area contributed by atoms with E-state index < -0.39 is 0 Å². The standard InChI is InChI=1S/C30H45NO6/c1-25(30(2,3)4)31-21-28(23-36-26-11-7-5-8-12-26)34-19-17-32-15-16-33-18-20-35-29(22-31)24-37-27-13-9-6-10-14-27/h5-14,25,28-29H,15-24H2,1-4H3/t25?,28-,29-/m0/s1. The van der Waals surface area contributed by atoms with Crippen molar-refractivity contribution < 1.29 is 28.4 Å². The minimum atomic E-state index is -0.134. The summed E-state index contributed by atoms with van der Waals surface area (Å²) in [4.78, 5) is 2.44.